The molecule has 1 amide bonds. The molecule has 5 heteroatoms. The zero-order chi connectivity index (χ0) is 9.68. The first-order valence-electron chi connectivity index (χ1n) is 4.38. The van der Waals surface area contributed by atoms with Gasteiger partial charge in [0.15, 0.2) is 5.69 Å². The van der Waals surface area contributed by atoms with Crippen molar-refractivity contribution in [2.75, 3.05) is 6.54 Å². The van der Waals surface area contributed by atoms with Crippen molar-refractivity contribution < 1.29 is 4.79 Å². The van der Waals surface area contributed by atoms with Gasteiger partial charge in [0, 0.05) is 13.6 Å². The van der Waals surface area contributed by atoms with E-state index in [1.54, 1.807) is 13.2 Å². The molecule has 1 N–H and O–H groups in total. The zero-order valence-electron chi connectivity index (χ0n) is 7.95. The Kier molecular flexibility index (Phi) is 3.42. The summed E-state index contributed by atoms with van der Waals surface area (Å²) in [5.41, 5.74) is 0.374. The molecular weight excluding hydrogens is 168 g/mol. The number of aromatic nitrogens is 3. The van der Waals surface area contributed by atoms with Gasteiger partial charge in [0.25, 0.3) is 5.91 Å². The highest BCUT2D eigenvalue weighted by Gasteiger charge is 2.07. The molecule has 0 aliphatic rings. The van der Waals surface area contributed by atoms with Crippen LogP contribution in [0.5, 0.6) is 0 Å². The lowest BCUT2D eigenvalue weighted by Gasteiger charge is -1.99. The molecule has 0 radical (unpaired) electrons. The summed E-state index contributed by atoms with van der Waals surface area (Å²) in [6, 6.07) is 0. The molecule has 0 aliphatic heterocycles. The largest absolute Gasteiger partial charge is 0.351 e. The molecule has 0 saturated heterocycles. The standard InChI is InChI=1S/C8H14N4O/c1-3-4-5-9-8(13)7-6-12(2)11-10-7/h6H,3-5H2,1-2H3,(H,9,13). The molecule has 0 unspecified atom stereocenters. The first-order valence-corrected chi connectivity index (χ1v) is 4.38. The second kappa shape index (κ2) is 4.59. The van der Waals surface area contributed by atoms with E-state index < -0.39 is 0 Å². The number of nitrogens with zero attached hydrogens (tertiary/aromatic N) is 3. The average molecular weight is 182 g/mol. The first kappa shape index (κ1) is 9.70. The molecule has 1 heterocycles. The normalized spacial score (nSPS) is 10.0. The maximum Gasteiger partial charge on any atom is 0.273 e. The summed E-state index contributed by atoms with van der Waals surface area (Å²) >= 11 is 0. The SMILES string of the molecule is CCCCNC(=O)c1cn(C)nn1. The topological polar surface area (TPSA) is 59.8 Å². The quantitative estimate of drug-likeness (QED) is 0.683. The fraction of sp³-hybridized carbons (Fsp3) is 0.625. The van der Waals surface area contributed by atoms with Crippen molar-refractivity contribution in [2.45, 2.75) is 19.8 Å². The molecule has 1 aromatic heterocycles. The van der Waals surface area contributed by atoms with Crippen LogP contribution < -0.4 is 5.32 Å². The third-order valence-electron chi connectivity index (χ3n) is 1.65. The fourth-order valence-corrected chi connectivity index (χ4v) is 0.921. The van der Waals surface area contributed by atoms with Gasteiger partial charge in [0.2, 0.25) is 0 Å². The summed E-state index contributed by atoms with van der Waals surface area (Å²) in [4.78, 5) is 11.3. The van der Waals surface area contributed by atoms with E-state index in [2.05, 4.69) is 22.6 Å². The van der Waals surface area contributed by atoms with Crippen LogP contribution in [0.1, 0.15) is 30.3 Å². The van der Waals surface area contributed by atoms with Gasteiger partial charge >= 0.3 is 0 Å². The Morgan fingerprint density at radius 3 is 3.00 bits per heavy atom. The Morgan fingerprint density at radius 1 is 1.69 bits per heavy atom. The van der Waals surface area contributed by atoms with Gasteiger partial charge in [-0.3, -0.25) is 9.48 Å². The van der Waals surface area contributed by atoms with Gasteiger partial charge in [-0.05, 0) is 6.42 Å². The summed E-state index contributed by atoms with van der Waals surface area (Å²) in [5, 5.41) is 10.1. The number of carbonyl (C=O) groups is 1. The Morgan fingerprint density at radius 2 is 2.46 bits per heavy atom. The smallest absolute Gasteiger partial charge is 0.273 e. The van der Waals surface area contributed by atoms with Crippen LogP contribution in [0.4, 0.5) is 0 Å². The molecule has 5 nitrogen and oxygen atoms in total. The lowest BCUT2D eigenvalue weighted by molar-refractivity contribution is 0.0948. The summed E-state index contributed by atoms with van der Waals surface area (Å²) < 4.78 is 1.51. The van der Waals surface area contributed by atoms with Gasteiger partial charge in [0.05, 0.1) is 6.20 Å². The summed E-state index contributed by atoms with van der Waals surface area (Å²) in [6.07, 6.45) is 3.66. The van der Waals surface area contributed by atoms with Crippen LogP contribution in [0.3, 0.4) is 0 Å². The van der Waals surface area contributed by atoms with Crippen LogP contribution in [0.25, 0.3) is 0 Å². The number of amides is 1. The summed E-state index contributed by atoms with van der Waals surface area (Å²) in [7, 11) is 1.73. The predicted molar refractivity (Wildman–Crippen MR) is 48.2 cm³/mol. The van der Waals surface area contributed by atoms with Crippen molar-refractivity contribution in [3.63, 3.8) is 0 Å². The monoisotopic (exact) mass is 182 g/mol. The molecule has 0 atom stereocenters. The van der Waals surface area contributed by atoms with E-state index >= 15 is 0 Å². The van der Waals surface area contributed by atoms with E-state index in [4.69, 9.17) is 0 Å². The van der Waals surface area contributed by atoms with Crippen molar-refractivity contribution in [1.29, 1.82) is 0 Å². The zero-order valence-corrected chi connectivity index (χ0v) is 7.95. The van der Waals surface area contributed by atoms with Gasteiger partial charge < -0.3 is 5.32 Å². The van der Waals surface area contributed by atoms with Gasteiger partial charge in [0.1, 0.15) is 0 Å². The number of nitrogens with one attached hydrogen (secondary N) is 1. The summed E-state index contributed by atoms with van der Waals surface area (Å²) in [6.45, 7) is 2.78. The van der Waals surface area contributed by atoms with E-state index in [1.807, 2.05) is 0 Å². The van der Waals surface area contributed by atoms with E-state index in [9.17, 15) is 4.79 Å². The second-order valence-electron chi connectivity index (χ2n) is 2.89. The number of carbonyl (C=O) groups excluding carboxylic acids is 1. The first-order chi connectivity index (χ1) is 6.24. The van der Waals surface area contributed by atoms with E-state index in [1.165, 1.54) is 4.68 Å². The van der Waals surface area contributed by atoms with Crippen LogP contribution in [0.2, 0.25) is 0 Å². The van der Waals surface area contributed by atoms with Crippen molar-refractivity contribution in [3.05, 3.63) is 11.9 Å². The Bertz CT molecular complexity index is 281. The van der Waals surface area contributed by atoms with Crippen LogP contribution >= 0.6 is 0 Å². The molecule has 0 aliphatic carbocycles. The van der Waals surface area contributed by atoms with Crippen LogP contribution in [-0.4, -0.2) is 27.4 Å². The van der Waals surface area contributed by atoms with Gasteiger partial charge in [-0.1, -0.05) is 18.6 Å². The highest BCUT2D eigenvalue weighted by atomic mass is 16.1. The highest BCUT2D eigenvalue weighted by molar-refractivity contribution is 5.91. The minimum absolute atomic E-state index is 0.151. The average Bonchev–Trinajstić information content (AvgIpc) is 2.52. The molecule has 0 aromatic carbocycles. The number of hydrogen-bond acceptors (Lipinski definition) is 3. The highest BCUT2D eigenvalue weighted by Crippen LogP contribution is 1.91. The van der Waals surface area contributed by atoms with E-state index in [0.717, 1.165) is 12.8 Å². The van der Waals surface area contributed by atoms with E-state index in [0.29, 0.717) is 12.2 Å². The van der Waals surface area contributed by atoms with Crippen molar-refractivity contribution in [2.24, 2.45) is 7.05 Å². The number of hydrogen-bond donors (Lipinski definition) is 1. The van der Waals surface area contributed by atoms with Crippen LogP contribution in [0.15, 0.2) is 6.20 Å². The Labute approximate surface area is 77.1 Å². The minimum Gasteiger partial charge on any atom is -0.351 e. The maximum atomic E-state index is 11.3. The number of rotatable bonds is 4. The fourth-order valence-electron chi connectivity index (χ4n) is 0.921. The molecule has 0 spiro atoms. The molecule has 1 aromatic rings. The lowest BCUT2D eigenvalue weighted by atomic mass is 10.3. The number of aryl methyl sites for hydroxylation is 1. The molecule has 0 fully saturated rings. The third kappa shape index (κ3) is 2.85. The minimum atomic E-state index is -0.151. The van der Waals surface area contributed by atoms with Crippen molar-refractivity contribution in [3.8, 4) is 0 Å². The molecule has 0 saturated carbocycles. The molecule has 0 bridgehead atoms. The lowest BCUT2D eigenvalue weighted by Crippen LogP contribution is -2.24. The maximum absolute atomic E-state index is 11.3. The van der Waals surface area contributed by atoms with Gasteiger partial charge in [-0.15, -0.1) is 5.10 Å². The van der Waals surface area contributed by atoms with Crippen molar-refractivity contribution >= 4 is 5.91 Å². The molecule has 13 heavy (non-hydrogen) atoms. The molecular formula is C8H14N4O. The van der Waals surface area contributed by atoms with Crippen LogP contribution in [0, 0.1) is 0 Å². The molecule has 1 rings (SSSR count). The van der Waals surface area contributed by atoms with Crippen molar-refractivity contribution in [1.82, 2.24) is 20.3 Å². The van der Waals surface area contributed by atoms with Gasteiger partial charge in [-0.2, -0.15) is 0 Å². The van der Waals surface area contributed by atoms with E-state index in [-0.39, 0.29) is 5.91 Å². The molecule has 72 valence electrons. The second-order valence-corrected chi connectivity index (χ2v) is 2.89. The Hall–Kier alpha value is -1.39. The third-order valence-corrected chi connectivity index (χ3v) is 1.65. The predicted octanol–water partition coefficient (Wildman–Crippen LogP) is 0.345. The van der Waals surface area contributed by atoms with Crippen LogP contribution in [-0.2, 0) is 7.05 Å². The van der Waals surface area contributed by atoms with Gasteiger partial charge in [-0.25, -0.2) is 0 Å². The number of unbranched alkanes of at least 4 members (excludes halogenated alkanes) is 1. The Balaban J connectivity index is 2.40. The summed E-state index contributed by atoms with van der Waals surface area (Å²) in [5.74, 6) is -0.151.